The number of ether oxygens (including phenoxy) is 1. The monoisotopic (exact) mass is 354 g/mol. The van der Waals surface area contributed by atoms with E-state index >= 15 is 0 Å². The first kappa shape index (κ1) is 16.2. The summed E-state index contributed by atoms with van der Waals surface area (Å²) < 4.78 is 48.4. The molecule has 2 heterocycles. The molecule has 0 aliphatic rings. The fraction of sp³-hybridized carbons (Fsp3) is 0.133. The fourth-order valence-electron chi connectivity index (χ4n) is 1.94. The van der Waals surface area contributed by atoms with Crippen LogP contribution in [0.5, 0.6) is 0 Å². The number of halogens is 3. The highest BCUT2D eigenvalue weighted by Gasteiger charge is 2.35. The standard InChI is InChI=1S/C15H9F3N2O3S/c16-15(17,18)11-4-2-1-3-10(11)14(21)22-7-12-19-13(20-23-12)9-5-6-24-8-9/h1-6,8H,7H2. The van der Waals surface area contributed by atoms with E-state index < -0.39 is 29.9 Å². The van der Waals surface area contributed by atoms with Crippen LogP contribution in [0.25, 0.3) is 11.4 Å². The van der Waals surface area contributed by atoms with Crippen LogP contribution in [0.15, 0.2) is 45.6 Å². The smallest absolute Gasteiger partial charge is 0.417 e. The molecule has 0 bridgehead atoms. The Labute approximate surface area is 137 Å². The maximum Gasteiger partial charge on any atom is 0.417 e. The molecule has 124 valence electrons. The van der Waals surface area contributed by atoms with Gasteiger partial charge >= 0.3 is 12.1 Å². The van der Waals surface area contributed by atoms with Crippen molar-refractivity contribution in [1.29, 1.82) is 0 Å². The highest BCUT2D eigenvalue weighted by Crippen LogP contribution is 2.32. The number of hydrogen-bond donors (Lipinski definition) is 0. The van der Waals surface area contributed by atoms with Crippen LogP contribution in [0, 0.1) is 0 Å². The van der Waals surface area contributed by atoms with Crippen molar-refractivity contribution in [3.8, 4) is 11.4 Å². The number of aromatic nitrogens is 2. The third-order valence-electron chi connectivity index (χ3n) is 3.03. The molecule has 0 N–H and O–H groups in total. The van der Waals surface area contributed by atoms with Gasteiger partial charge in [-0.2, -0.15) is 29.5 Å². The van der Waals surface area contributed by atoms with Crippen molar-refractivity contribution >= 4 is 17.3 Å². The van der Waals surface area contributed by atoms with Crippen molar-refractivity contribution < 1.29 is 27.2 Å². The number of hydrogen-bond acceptors (Lipinski definition) is 6. The van der Waals surface area contributed by atoms with Gasteiger partial charge in [-0.1, -0.05) is 17.3 Å². The number of carbonyl (C=O) groups is 1. The Kier molecular flexibility index (Phi) is 4.34. The molecule has 0 unspecified atom stereocenters. The summed E-state index contributed by atoms with van der Waals surface area (Å²) in [5.41, 5.74) is -0.884. The van der Waals surface area contributed by atoms with Crippen LogP contribution >= 0.6 is 11.3 Å². The van der Waals surface area contributed by atoms with Crippen LogP contribution in [0.1, 0.15) is 21.8 Å². The number of carbonyl (C=O) groups excluding carboxylic acids is 1. The molecule has 0 aliphatic heterocycles. The average molecular weight is 354 g/mol. The van der Waals surface area contributed by atoms with E-state index in [-0.39, 0.29) is 5.89 Å². The first-order valence-corrected chi connectivity index (χ1v) is 7.58. The van der Waals surface area contributed by atoms with Crippen LogP contribution in [-0.2, 0) is 17.5 Å². The third kappa shape index (κ3) is 3.46. The van der Waals surface area contributed by atoms with Crippen LogP contribution in [0.2, 0.25) is 0 Å². The number of benzene rings is 1. The fourth-order valence-corrected chi connectivity index (χ4v) is 2.57. The summed E-state index contributed by atoms with van der Waals surface area (Å²) >= 11 is 1.45. The Morgan fingerprint density at radius 3 is 2.75 bits per heavy atom. The van der Waals surface area contributed by atoms with E-state index in [1.54, 1.807) is 11.4 Å². The van der Waals surface area contributed by atoms with Crippen molar-refractivity contribution in [3.05, 3.63) is 58.1 Å². The summed E-state index contributed by atoms with van der Waals surface area (Å²) in [5.74, 6) is -0.801. The third-order valence-corrected chi connectivity index (χ3v) is 3.71. The second-order valence-electron chi connectivity index (χ2n) is 4.64. The van der Waals surface area contributed by atoms with Gasteiger partial charge in [-0.25, -0.2) is 4.79 Å². The predicted octanol–water partition coefficient (Wildman–Crippen LogP) is 4.17. The Morgan fingerprint density at radius 2 is 2.04 bits per heavy atom. The zero-order valence-corrected chi connectivity index (χ0v) is 12.7. The maximum absolute atomic E-state index is 12.9. The van der Waals surface area contributed by atoms with Crippen LogP contribution in [0.3, 0.4) is 0 Å². The molecule has 0 saturated heterocycles. The van der Waals surface area contributed by atoms with Crippen molar-refractivity contribution in [2.24, 2.45) is 0 Å². The van der Waals surface area contributed by atoms with Gasteiger partial charge in [0.05, 0.1) is 11.1 Å². The molecule has 3 aromatic rings. The maximum atomic E-state index is 12.9. The molecule has 9 heteroatoms. The summed E-state index contributed by atoms with van der Waals surface area (Å²) in [6.45, 7) is -0.415. The van der Waals surface area contributed by atoms with Gasteiger partial charge in [-0.05, 0) is 23.6 Å². The summed E-state index contributed by atoms with van der Waals surface area (Å²) in [6, 6.07) is 6.18. The Morgan fingerprint density at radius 1 is 1.25 bits per heavy atom. The summed E-state index contributed by atoms with van der Waals surface area (Å²) in [7, 11) is 0. The largest absolute Gasteiger partial charge is 0.452 e. The van der Waals surface area contributed by atoms with Gasteiger partial charge in [0, 0.05) is 10.9 Å². The lowest BCUT2D eigenvalue weighted by Crippen LogP contribution is -2.15. The quantitative estimate of drug-likeness (QED) is 0.658. The zero-order valence-electron chi connectivity index (χ0n) is 11.9. The van der Waals surface area contributed by atoms with Crippen molar-refractivity contribution in [2.45, 2.75) is 12.8 Å². The molecule has 0 radical (unpaired) electrons. The number of rotatable bonds is 4. The molecule has 0 atom stereocenters. The van der Waals surface area contributed by atoms with E-state index in [9.17, 15) is 18.0 Å². The number of esters is 1. The number of thiophene rings is 1. The normalized spacial score (nSPS) is 11.5. The highest BCUT2D eigenvalue weighted by molar-refractivity contribution is 7.08. The van der Waals surface area contributed by atoms with E-state index in [2.05, 4.69) is 10.1 Å². The van der Waals surface area contributed by atoms with Crippen molar-refractivity contribution in [1.82, 2.24) is 10.1 Å². The van der Waals surface area contributed by atoms with Gasteiger partial charge < -0.3 is 9.26 Å². The number of alkyl halides is 3. The molecular weight excluding hydrogens is 345 g/mol. The molecule has 0 saturated carbocycles. The van der Waals surface area contributed by atoms with Crippen LogP contribution < -0.4 is 0 Å². The van der Waals surface area contributed by atoms with Gasteiger partial charge in [0.25, 0.3) is 5.89 Å². The summed E-state index contributed by atoms with van der Waals surface area (Å²) in [5, 5.41) is 7.35. The minimum absolute atomic E-state index is 0.00552. The molecule has 1 aromatic carbocycles. The predicted molar refractivity (Wildman–Crippen MR) is 78.2 cm³/mol. The van der Waals surface area contributed by atoms with E-state index in [1.165, 1.54) is 23.5 Å². The van der Waals surface area contributed by atoms with Crippen LogP contribution in [0.4, 0.5) is 13.2 Å². The highest BCUT2D eigenvalue weighted by atomic mass is 32.1. The molecule has 5 nitrogen and oxygen atoms in total. The lowest BCUT2D eigenvalue weighted by Gasteiger charge is -2.11. The van der Waals surface area contributed by atoms with Gasteiger partial charge in [0.1, 0.15) is 0 Å². The lowest BCUT2D eigenvalue weighted by molar-refractivity contribution is -0.138. The molecule has 0 fully saturated rings. The first-order valence-electron chi connectivity index (χ1n) is 6.63. The Bertz CT molecular complexity index is 844. The van der Waals surface area contributed by atoms with Gasteiger partial charge in [-0.15, -0.1) is 0 Å². The minimum atomic E-state index is -4.65. The van der Waals surface area contributed by atoms with Crippen molar-refractivity contribution in [3.63, 3.8) is 0 Å². The summed E-state index contributed by atoms with van der Waals surface area (Å²) in [4.78, 5) is 15.9. The van der Waals surface area contributed by atoms with E-state index in [1.807, 2.05) is 5.38 Å². The van der Waals surface area contributed by atoms with Gasteiger partial charge in [0.2, 0.25) is 5.82 Å². The molecule has 2 aromatic heterocycles. The second kappa shape index (κ2) is 6.44. The van der Waals surface area contributed by atoms with E-state index in [4.69, 9.17) is 9.26 Å². The topological polar surface area (TPSA) is 65.2 Å². The molecule has 24 heavy (non-hydrogen) atoms. The number of nitrogens with zero attached hydrogens (tertiary/aromatic N) is 2. The molecule has 3 rings (SSSR count). The van der Waals surface area contributed by atoms with E-state index in [0.29, 0.717) is 5.82 Å². The Hall–Kier alpha value is -2.68. The minimum Gasteiger partial charge on any atom is -0.452 e. The lowest BCUT2D eigenvalue weighted by atomic mass is 10.1. The van der Waals surface area contributed by atoms with Gasteiger partial charge in [-0.3, -0.25) is 0 Å². The zero-order chi connectivity index (χ0) is 17.2. The van der Waals surface area contributed by atoms with Gasteiger partial charge in [0.15, 0.2) is 6.61 Å². The molecular formula is C15H9F3N2O3S. The second-order valence-corrected chi connectivity index (χ2v) is 5.42. The molecule has 0 spiro atoms. The van der Waals surface area contributed by atoms with Crippen molar-refractivity contribution in [2.75, 3.05) is 0 Å². The average Bonchev–Trinajstić information content (AvgIpc) is 3.23. The summed E-state index contributed by atoms with van der Waals surface area (Å²) in [6.07, 6.45) is -4.65. The SMILES string of the molecule is O=C(OCc1nc(-c2ccsc2)no1)c1ccccc1C(F)(F)F. The van der Waals surface area contributed by atoms with Crippen LogP contribution in [-0.4, -0.2) is 16.1 Å². The molecule has 0 amide bonds. The Balaban J connectivity index is 1.71. The molecule has 0 aliphatic carbocycles. The van der Waals surface area contributed by atoms with E-state index in [0.717, 1.165) is 17.7 Å². The first-order chi connectivity index (χ1) is 11.4.